The number of carbonyl (C=O) groups is 1. The van der Waals surface area contributed by atoms with Gasteiger partial charge < -0.3 is 15.7 Å². The third kappa shape index (κ3) is 1.78. The summed E-state index contributed by atoms with van der Waals surface area (Å²) in [5.41, 5.74) is 6.34. The van der Waals surface area contributed by atoms with E-state index in [-0.39, 0.29) is 18.4 Å². The number of amides is 1. The van der Waals surface area contributed by atoms with Gasteiger partial charge in [-0.2, -0.15) is 0 Å². The zero-order chi connectivity index (χ0) is 10.8. The molecule has 2 heterocycles. The van der Waals surface area contributed by atoms with Crippen molar-refractivity contribution in [2.24, 2.45) is 5.92 Å². The van der Waals surface area contributed by atoms with Crippen LogP contribution in [0.1, 0.15) is 10.5 Å². The predicted octanol–water partition coefficient (Wildman–Crippen LogP) is -0.272. The van der Waals surface area contributed by atoms with Crippen LogP contribution >= 0.6 is 0 Å². The van der Waals surface area contributed by atoms with Crippen LogP contribution in [0.3, 0.4) is 0 Å². The summed E-state index contributed by atoms with van der Waals surface area (Å²) in [4.78, 5) is 17.4. The first-order valence-electron chi connectivity index (χ1n) is 4.83. The fourth-order valence-electron chi connectivity index (χ4n) is 1.60. The summed E-state index contributed by atoms with van der Waals surface area (Å²) < 4.78 is 0. The van der Waals surface area contributed by atoms with Gasteiger partial charge in [0.1, 0.15) is 0 Å². The molecule has 5 nitrogen and oxygen atoms in total. The number of aromatic nitrogens is 1. The smallest absolute Gasteiger partial charge is 0.274 e. The molecule has 0 unspecified atom stereocenters. The fourth-order valence-corrected chi connectivity index (χ4v) is 1.60. The topological polar surface area (TPSA) is 79.5 Å². The zero-order valence-corrected chi connectivity index (χ0v) is 8.26. The van der Waals surface area contributed by atoms with E-state index in [0.717, 1.165) is 0 Å². The summed E-state index contributed by atoms with van der Waals surface area (Å²) in [5, 5.41) is 8.83. The number of aliphatic hydroxyl groups is 1. The Kier molecular flexibility index (Phi) is 2.55. The van der Waals surface area contributed by atoms with Crippen LogP contribution in [0.4, 0.5) is 5.69 Å². The second-order valence-corrected chi connectivity index (χ2v) is 3.70. The molecule has 0 aliphatic carbocycles. The molecule has 80 valence electrons. The number of carbonyl (C=O) groups excluding carboxylic acids is 1. The number of nitrogens with zero attached hydrogens (tertiary/aromatic N) is 2. The van der Waals surface area contributed by atoms with Gasteiger partial charge in [0.25, 0.3) is 5.91 Å². The molecule has 5 heteroatoms. The Hall–Kier alpha value is -1.62. The molecule has 0 atom stereocenters. The Morgan fingerprint density at radius 2 is 2.40 bits per heavy atom. The van der Waals surface area contributed by atoms with Crippen molar-refractivity contribution in [1.29, 1.82) is 0 Å². The Balaban J connectivity index is 2.07. The minimum absolute atomic E-state index is 0.126. The summed E-state index contributed by atoms with van der Waals surface area (Å²) in [5.74, 6) is 0.0525. The van der Waals surface area contributed by atoms with E-state index in [1.54, 1.807) is 23.2 Å². The van der Waals surface area contributed by atoms with E-state index in [2.05, 4.69) is 4.98 Å². The predicted molar refractivity (Wildman–Crippen MR) is 55.1 cm³/mol. The van der Waals surface area contributed by atoms with Crippen molar-refractivity contribution >= 4 is 11.6 Å². The van der Waals surface area contributed by atoms with Crippen LogP contribution < -0.4 is 5.73 Å². The summed E-state index contributed by atoms with van der Waals surface area (Å²) >= 11 is 0. The van der Waals surface area contributed by atoms with Crippen molar-refractivity contribution in [3.8, 4) is 0 Å². The maximum atomic E-state index is 11.8. The van der Waals surface area contributed by atoms with Crippen LogP contribution in [0, 0.1) is 5.92 Å². The van der Waals surface area contributed by atoms with Crippen LogP contribution in [-0.4, -0.2) is 40.6 Å². The van der Waals surface area contributed by atoms with Crippen molar-refractivity contribution < 1.29 is 9.90 Å². The molecule has 1 aliphatic heterocycles. The van der Waals surface area contributed by atoms with Crippen molar-refractivity contribution in [1.82, 2.24) is 9.88 Å². The molecular weight excluding hydrogens is 194 g/mol. The van der Waals surface area contributed by atoms with Crippen molar-refractivity contribution in [2.75, 3.05) is 25.4 Å². The average Bonchev–Trinajstić information content (AvgIpc) is 2.16. The highest BCUT2D eigenvalue weighted by Gasteiger charge is 2.31. The number of pyridine rings is 1. The highest BCUT2D eigenvalue weighted by Crippen LogP contribution is 2.19. The molecule has 1 fully saturated rings. The van der Waals surface area contributed by atoms with Crippen LogP contribution in [0.5, 0.6) is 0 Å². The van der Waals surface area contributed by atoms with Crippen LogP contribution in [0.25, 0.3) is 0 Å². The molecule has 1 amide bonds. The number of anilines is 1. The molecule has 0 bridgehead atoms. The van der Waals surface area contributed by atoms with Gasteiger partial charge in [-0.25, -0.2) is 4.98 Å². The summed E-state index contributed by atoms with van der Waals surface area (Å²) in [7, 11) is 0. The lowest BCUT2D eigenvalue weighted by Crippen LogP contribution is -2.51. The SMILES string of the molecule is Nc1cccnc1C(=O)N1CC(CO)C1. The number of aliphatic hydroxyl groups excluding tert-OH is 1. The number of rotatable bonds is 2. The molecule has 1 saturated heterocycles. The minimum Gasteiger partial charge on any atom is -0.397 e. The third-order valence-corrected chi connectivity index (χ3v) is 2.54. The molecule has 2 rings (SSSR count). The van der Waals surface area contributed by atoms with Crippen LogP contribution in [0.2, 0.25) is 0 Å². The van der Waals surface area contributed by atoms with E-state index < -0.39 is 0 Å². The van der Waals surface area contributed by atoms with E-state index >= 15 is 0 Å². The number of hydrogen-bond donors (Lipinski definition) is 2. The molecule has 0 saturated carbocycles. The minimum atomic E-state index is -0.155. The van der Waals surface area contributed by atoms with Gasteiger partial charge in [0.15, 0.2) is 5.69 Å². The second-order valence-electron chi connectivity index (χ2n) is 3.70. The number of hydrogen-bond acceptors (Lipinski definition) is 4. The quantitative estimate of drug-likeness (QED) is 0.699. The van der Waals surface area contributed by atoms with Gasteiger partial charge in [0.05, 0.1) is 5.69 Å². The van der Waals surface area contributed by atoms with Gasteiger partial charge in [0.2, 0.25) is 0 Å². The van der Waals surface area contributed by atoms with Crippen LogP contribution in [-0.2, 0) is 0 Å². The number of nitrogen functional groups attached to an aromatic ring is 1. The zero-order valence-electron chi connectivity index (χ0n) is 8.26. The van der Waals surface area contributed by atoms with Gasteiger partial charge in [-0.1, -0.05) is 0 Å². The highest BCUT2D eigenvalue weighted by molar-refractivity contribution is 5.97. The first-order valence-corrected chi connectivity index (χ1v) is 4.83. The largest absolute Gasteiger partial charge is 0.397 e. The Morgan fingerprint density at radius 1 is 1.67 bits per heavy atom. The molecule has 3 N–H and O–H groups in total. The maximum Gasteiger partial charge on any atom is 0.274 e. The highest BCUT2D eigenvalue weighted by atomic mass is 16.3. The van der Waals surface area contributed by atoms with Crippen molar-refractivity contribution in [3.05, 3.63) is 24.0 Å². The Morgan fingerprint density at radius 3 is 3.00 bits per heavy atom. The van der Waals surface area contributed by atoms with Gasteiger partial charge >= 0.3 is 0 Å². The first-order chi connectivity index (χ1) is 7.22. The van der Waals surface area contributed by atoms with Gasteiger partial charge in [-0.3, -0.25) is 4.79 Å². The lowest BCUT2D eigenvalue weighted by Gasteiger charge is -2.38. The lowest BCUT2D eigenvalue weighted by atomic mass is 10.0. The normalized spacial score (nSPS) is 16.2. The monoisotopic (exact) mass is 207 g/mol. The Bertz CT molecular complexity index is 375. The third-order valence-electron chi connectivity index (χ3n) is 2.54. The van der Waals surface area contributed by atoms with Gasteiger partial charge in [-0.05, 0) is 12.1 Å². The molecule has 1 aromatic heterocycles. The molecule has 0 spiro atoms. The summed E-state index contributed by atoms with van der Waals surface area (Å²) in [6.07, 6.45) is 1.55. The summed E-state index contributed by atoms with van der Waals surface area (Å²) in [6.45, 7) is 1.30. The molecule has 1 aromatic rings. The Labute approximate surface area is 87.5 Å². The number of nitrogens with two attached hydrogens (primary N) is 1. The first kappa shape index (κ1) is 9.92. The molecule has 0 radical (unpaired) electrons. The van der Waals surface area contributed by atoms with E-state index in [4.69, 9.17) is 10.8 Å². The average molecular weight is 207 g/mol. The van der Waals surface area contributed by atoms with E-state index in [1.165, 1.54) is 0 Å². The molecule has 0 aromatic carbocycles. The second kappa shape index (κ2) is 3.86. The van der Waals surface area contributed by atoms with E-state index in [0.29, 0.717) is 24.5 Å². The van der Waals surface area contributed by atoms with E-state index in [9.17, 15) is 4.79 Å². The van der Waals surface area contributed by atoms with Crippen molar-refractivity contribution in [3.63, 3.8) is 0 Å². The summed E-state index contributed by atoms with van der Waals surface area (Å²) in [6, 6.07) is 3.35. The van der Waals surface area contributed by atoms with E-state index in [1.807, 2.05) is 0 Å². The standard InChI is InChI=1S/C10H13N3O2/c11-8-2-1-3-12-9(8)10(15)13-4-7(5-13)6-14/h1-3,7,14H,4-6,11H2. The fraction of sp³-hybridized carbons (Fsp3) is 0.400. The maximum absolute atomic E-state index is 11.8. The van der Waals surface area contributed by atoms with Gasteiger partial charge in [-0.15, -0.1) is 0 Å². The lowest BCUT2D eigenvalue weighted by molar-refractivity contribution is 0.0357. The molecule has 1 aliphatic rings. The molecule has 15 heavy (non-hydrogen) atoms. The van der Waals surface area contributed by atoms with Gasteiger partial charge in [0, 0.05) is 31.8 Å². The number of likely N-dealkylation sites (tertiary alicyclic amines) is 1. The van der Waals surface area contributed by atoms with Crippen LogP contribution in [0.15, 0.2) is 18.3 Å². The van der Waals surface area contributed by atoms with Crippen molar-refractivity contribution in [2.45, 2.75) is 0 Å². The molecular formula is C10H13N3O2.